The minimum Gasteiger partial charge on any atom is -0.236 e. The molecule has 0 bridgehead atoms. The van der Waals surface area contributed by atoms with Crippen molar-refractivity contribution in [2.24, 2.45) is 0 Å². The molecule has 0 aliphatic rings. The molecule has 0 N–H and O–H groups in total. The lowest BCUT2D eigenvalue weighted by molar-refractivity contribution is 1.14. The summed E-state index contributed by atoms with van der Waals surface area (Å²) >= 11 is 11.7. The Kier molecular flexibility index (Phi) is 2.89. The molecule has 0 saturated carbocycles. The molecule has 4 heteroatoms. The van der Waals surface area contributed by atoms with Crippen molar-refractivity contribution >= 4 is 23.2 Å². The third kappa shape index (κ3) is 2.28. The van der Waals surface area contributed by atoms with E-state index in [-0.39, 0.29) is 0 Å². The molecule has 0 amide bonds. The summed E-state index contributed by atoms with van der Waals surface area (Å²) in [4.78, 5) is 8.41. The van der Waals surface area contributed by atoms with Gasteiger partial charge in [0.15, 0.2) is 5.82 Å². The quantitative estimate of drug-likeness (QED) is 0.757. The molecule has 2 aromatic rings. The van der Waals surface area contributed by atoms with E-state index in [4.69, 9.17) is 23.2 Å². The van der Waals surface area contributed by atoms with Gasteiger partial charge in [-0.25, -0.2) is 9.97 Å². The molecule has 2 rings (SSSR count). The van der Waals surface area contributed by atoms with E-state index in [1.165, 1.54) is 0 Å². The minimum atomic E-state index is 0.512. The number of halogens is 2. The first-order chi connectivity index (χ1) is 7.16. The molecule has 0 unspecified atom stereocenters. The highest BCUT2D eigenvalue weighted by Crippen LogP contribution is 2.26. The minimum absolute atomic E-state index is 0.512. The Bertz CT molecular complexity index is 480. The summed E-state index contributed by atoms with van der Waals surface area (Å²) in [6.07, 6.45) is 3.54. The van der Waals surface area contributed by atoms with E-state index < -0.39 is 0 Å². The molecule has 15 heavy (non-hydrogen) atoms. The number of rotatable bonds is 1. The second-order valence-electron chi connectivity index (χ2n) is 3.21. The normalized spacial score (nSPS) is 10.3. The lowest BCUT2D eigenvalue weighted by Crippen LogP contribution is -1.88. The smallest absolute Gasteiger partial charge is 0.159 e. The average Bonchev–Trinajstić information content (AvgIpc) is 2.23. The third-order valence-electron chi connectivity index (χ3n) is 1.96. The first-order valence-corrected chi connectivity index (χ1v) is 5.16. The Balaban J connectivity index is 2.45. The van der Waals surface area contributed by atoms with E-state index >= 15 is 0 Å². The van der Waals surface area contributed by atoms with Crippen molar-refractivity contribution < 1.29 is 0 Å². The van der Waals surface area contributed by atoms with Gasteiger partial charge >= 0.3 is 0 Å². The van der Waals surface area contributed by atoms with Gasteiger partial charge in [0.1, 0.15) is 0 Å². The van der Waals surface area contributed by atoms with Gasteiger partial charge in [-0.05, 0) is 30.7 Å². The standard InChI is InChI=1S/C11H8Cl2N2/c1-7-5-14-11(15-6-7)8-2-3-9(12)10(13)4-8/h2-6H,1H3. The molecular formula is C11H8Cl2N2. The van der Waals surface area contributed by atoms with Gasteiger partial charge in [-0.15, -0.1) is 0 Å². The van der Waals surface area contributed by atoms with Gasteiger partial charge in [-0.2, -0.15) is 0 Å². The highest BCUT2D eigenvalue weighted by Gasteiger charge is 2.03. The van der Waals surface area contributed by atoms with Crippen LogP contribution < -0.4 is 0 Å². The van der Waals surface area contributed by atoms with Crippen molar-refractivity contribution in [1.29, 1.82) is 0 Å². The summed E-state index contributed by atoms with van der Waals surface area (Å²) in [5.41, 5.74) is 1.89. The summed E-state index contributed by atoms with van der Waals surface area (Å²) in [7, 11) is 0. The van der Waals surface area contributed by atoms with Crippen LogP contribution in [0.15, 0.2) is 30.6 Å². The maximum absolute atomic E-state index is 5.91. The second-order valence-corrected chi connectivity index (χ2v) is 4.03. The molecule has 0 saturated heterocycles. The van der Waals surface area contributed by atoms with E-state index in [0.717, 1.165) is 11.1 Å². The highest BCUT2D eigenvalue weighted by atomic mass is 35.5. The Labute approximate surface area is 97.9 Å². The molecule has 1 aromatic heterocycles. The van der Waals surface area contributed by atoms with Gasteiger partial charge < -0.3 is 0 Å². The summed E-state index contributed by atoms with van der Waals surface area (Å²) in [6, 6.07) is 5.34. The van der Waals surface area contributed by atoms with Crippen LogP contribution in [0.4, 0.5) is 0 Å². The maximum atomic E-state index is 5.91. The van der Waals surface area contributed by atoms with Crippen LogP contribution in [0.3, 0.4) is 0 Å². The van der Waals surface area contributed by atoms with Crippen molar-refractivity contribution in [2.45, 2.75) is 6.92 Å². The van der Waals surface area contributed by atoms with Crippen molar-refractivity contribution in [2.75, 3.05) is 0 Å². The van der Waals surface area contributed by atoms with E-state index in [2.05, 4.69) is 9.97 Å². The molecule has 0 atom stereocenters. The summed E-state index contributed by atoms with van der Waals surface area (Å²) in [5.74, 6) is 0.652. The first-order valence-electron chi connectivity index (χ1n) is 4.41. The first kappa shape index (κ1) is 10.4. The zero-order valence-corrected chi connectivity index (χ0v) is 9.55. The molecule has 0 fully saturated rings. The fourth-order valence-corrected chi connectivity index (χ4v) is 1.47. The Morgan fingerprint density at radius 3 is 2.27 bits per heavy atom. The Hall–Kier alpha value is -1.12. The molecule has 1 aromatic carbocycles. The van der Waals surface area contributed by atoms with Crippen LogP contribution >= 0.6 is 23.2 Å². The van der Waals surface area contributed by atoms with Crippen molar-refractivity contribution in [1.82, 2.24) is 9.97 Å². The summed E-state index contributed by atoms with van der Waals surface area (Å²) < 4.78 is 0. The molecule has 1 heterocycles. The number of aryl methyl sites for hydroxylation is 1. The number of benzene rings is 1. The Morgan fingerprint density at radius 1 is 1.00 bits per heavy atom. The van der Waals surface area contributed by atoms with Gasteiger partial charge in [-0.1, -0.05) is 23.2 Å². The number of nitrogens with zero attached hydrogens (tertiary/aromatic N) is 2. The Morgan fingerprint density at radius 2 is 1.67 bits per heavy atom. The van der Waals surface area contributed by atoms with E-state index in [1.54, 1.807) is 24.5 Å². The van der Waals surface area contributed by atoms with Crippen LogP contribution in [-0.2, 0) is 0 Å². The maximum Gasteiger partial charge on any atom is 0.159 e. The van der Waals surface area contributed by atoms with Gasteiger partial charge in [0.25, 0.3) is 0 Å². The molecule has 0 aliphatic heterocycles. The fraction of sp³-hybridized carbons (Fsp3) is 0.0909. The fourth-order valence-electron chi connectivity index (χ4n) is 1.18. The predicted octanol–water partition coefficient (Wildman–Crippen LogP) is 3.76. The SMILES string of the molecule is Cc1cnc(-c2ccc(Cl)c(Cl)c2)nc1. The van der Waals surface area contributed by atoms with Crippen LogP contribution in [0.5, 0.6) is 0 Å². The third-order valence-corrected chi connectivity index (χ3v) is 2.70. The molecule has 76 valence electrons. The molecule has 0 aliphatic carbocycles. The largest absolute Gasteiger partial charge is 0.236 e. The summed E-state index contributed by atoms with van der Waals surface area (Å²) in [6.45, 7) is 1.94. The van der Waals surface area contributed by atoms with E-state index in [1.807, 2.05) is 13.0 Å². The molecule has 0 spiro atoms. The molecule has 2 nitrogen and oxygen atoms in total. The van der Waals surface area contributed by atoms with Gasteiger partial charge in [0, 0.05) is 18.0 Å². The lowest BCUT2D eigenvalue weighted by Gasteiger charge is -2.01. The van der Waals surface area contributed by atoms with Crippen LogP contribution in [0, 0.1) is 6.92 Å². The zero-order valence-electron chi connectivity index (χ0n) is 8.04. The lowest BCUT2D eigenvalue weighted by atomic mass is 10.2. The number of aromatic nitrogens is 2. The average molecular weight is 239 g/mol. The van der Waals surface area contributed by atoms with Crippen LogP contribution in [0.25, 0.3) is 11.4 Å². The van der Waals surface area contributed by atoms with Crippen molar-refractivity contribution in [3.63, 3.8) is 0 Å². The zero-order chi connectivity index (χ0) is 10.8. The van der Waals surface area contributed by atoms with E-state index in [9.17, 15) is 0 Å². The molecular weight excluding hydrogens is 231 g/mol. The highest BCUT2D eigenvalue weighted by molar-refractivity contribution is 6.42. The van der Waals surface area contributed by atoms with Gasteiger partial charge in [0.2, 0.25) is 0 Å². The number of hydrogen-bond donors (Lipinski definition) is 0. The molecule has 0 radical (unpaired) electrons. The summed E-state index contributed by atoms with van der Waals surface area (Å²) in [5, 5.41) is 1.05. The van der Waals surface area contributed by atoms with Crippen LogP contribution in [0.2, 0.25) is 10.0 Å². The predicted molar refractivity (Wildman–Crippen MR) is 62.2 cm³/mol. The second kappa shape index (κ2) is 4.17. The monoisotopic (exact) mass is 238 g/mol. The number of hydrogen-bond acceptors (Lipinski definition) is 2. The van der Waals surface area contributed by atoms with Gasteiger partial charge in [-0.3, -0.25) is 0 Å². The van der Waals surface area contributed by atoms with Crippen molar-refractivity contribution in [3.8, 4) is 11.4 Å². The van der Waals surface area contributed by atoms with Crippen molar-refractivity contribution in [3.05, 3.63) is 46.2 Å². The van der Waals surface area contributed by atoms with Gasteiger partial charge in [0.05, 0.1) is 10.0 Å². The van der Waals surface area contributed by atoms with E-state index in [0.29, 0.717) is 15.9 Å². The van der Waals surface area contributed by atoms with Crippen LogP contribution in [-0.4, -0.2) is 9.97 Å². The van der Waals surface area contributed by atoms with Crippen LogP contribution in [0.1, 0.15) is 5.56 Å². The topological polar surface area (TPSA) is 25.8 Å².